The zero-order chi connectivity index (χ0) is 9.35. The van der Waals surface area contributed by atoms with Crippen molar-refractivity contribution in [2.24, 2.45) is 11.3 Å². The lowest BCUT2D eigenvalue weighted by molar-refractivity contribution is -0.141. The molecule has 1 aliphatic rings. The van der Waals surface area contributed by atoms with Crippen LogP contribution in [0.4, 0.5) is 0 Å². The fourth-order valence-corrected chi connectivity index (χ4v) is 1.25. The van der Waals surface area contributed by atoms with Crippen molar-refractivity contribution < 1.29 is 9.59 Å². The van der Waals surface area contributed by atoms with Gasteiger partial charge in [0.2, 0.25) is 11.8 Å². The molecule has 4 nitrogen and oxygen atoms in total. The second-order valence-electron chi connectivity index (χ2n) is 4.16. The second kappa shape index (κ2) is 2.77. The van der Waals surface area contributed by atoms with Gasteiger partial charge < -0.3 is 0 Å². The SMILES string of the molecule is CC(C)(C)C1CC(=O)NNC1=O. The molecule has 1 rings (SSSR count). The standard InChI is InChI=1S/C8H14N2O2/c1-8(2,3)5-4-6(11)9-10-7(5)12/h5H,4H2,1-3H3,(H,9,11)(H,10,12). The van der Waals surface area contributed by atoms with Gasteiger partial charge in [-0.3, -0.25) is 20.4 Å². The first-order chi connectivity index (χ1) is 5.41. The second-order valence-corrected chi connectivity index (χ2v) is 4.16. The van der Waals surface area contributed by atoms with Crippen molar-refractivity contribution in [3.05, 3.63) is 0 Å². The van der Waals surface area contributed by atoms with Crippen LogP contribution in [0.3, 0.4) is 0 Å². The Morgan fingerprint density at radius 1 is 1.25 bits per heavy atom. The number of hydrogen-bond donors (Lipinski definition) is 2. The molecule has 1 saturated heterocycles. The third-order valence-electron chi connectivity index (χ3n) is 2.08. The fraction of sp³-hybridized carbons (Fsp3) is 0.750. The molecule has 2 N–H and O–H groups in total. The zero-order valence-electron chi connectivity index (χ0n) is 7.60. The molecule has 0 aromatic carbocycles. The quantitative estimate of drug-likeness (QED) is 0.545. The van der Waals surface area contributed by atoms with Crippen LogP contribution in [0.5, 0.6) is 0 Å². The minimum absolute atomic E-state index is 0.0953. The third-order valence-corrected chi connectivity index (χ3v) is 2.08. The van der Waals surface area contributed by atoms with E-state index in [-0.39, 0.29) is 29.6 Å². The monoisotopic (exact) mass is 170 g/mol. The average Bonchev–Trinajstić information content (AvgIpc) is 1.92. The summed E-state index contributed by atoms with van der Waals surface area (Å²) in [6.07, 6.45) is 0.287. The summed E-state index contributed by atoms with van der Waals surface area (Å²) < 4.78 is 0. The smallest absolute Gasteiger partial charge is 0.242 e. The maximum absolute atomic E-state index is 11.3. The van der Waals surface area contributed by atoms with Gasteiger partial charge in [-0.2, -0.15) is 0 Å². The van der Waals surface area contributed by atoms with E-state index >= 15 is 0 Å². The molecule has 4 heteroatoms. The predicted molar refractivity (Wildman–Crippen MR) is 43.8 cm³/mol. The van der Waals surface area contributed by atoms with Crippen LogP contribution in [0.25, 0.3) is 0 Å². The van der Waals surface area contributed by atoms with E-state index in [2.05, 4.69) is 10.9 Å². The summed E-state index contributed by atoms with van der Waals surface area (Å²) >= 11 is 0. The highest BCUT2D eigenvalue weighted by Gasteiger charge is 2.36. The Bertz CT molecular complexity index is 218. The van der Waals surface area contributed by atoms with Crippen LogP contribution >= 0.6 is 0 Å². The van der Waals surface area contributed by atoms with Gasteiger partial charge in [0.1, 0.15) is 0 Å². The number of hydrogen-bond acceptors (Lipinski definition) is 2. The largest absolute Gasteiger partial charge is 0.273 e. The third kappa shape index (κ3) is 1.75. The summed E-state index contributed by atoms with van der Waals surface area (Å²) in [6, 6.07) is 0. The summed E-state index contributed by atoms with van der Waals surface area (Å²) in [7, 11) is 0. The van der Waals surface area contributed by atoms with Crippen molar-refractivity contribution in [3.8, 4) is 0 Å². The number of rotatable bonds is 0. The van der Waals surface area contributed by atoms with Crippen molar-refractivity contribution in [3.63, 3.8) is 0 Å². The predicted octanol–water partition coefficient (Wildman–Crippen LogP) is 0.200. The number of amides is 2. The summed E-state index contributed by atoms with van der Waals surface area (Å²) in [5.41, 5.74) is 4.49. The van der Waals surface area contributed by atoms with Gasteiger partial charge in [0.15, 0.2) is 0 Å². The molecule has 1 heterocycles. The minimum atomic E-state index is -0.216. The van der Waals surface area contributed by atoms with Crippen LogP contribution in [0.15, 0.2) is 0 Å². The lowest BCUT2D eigenvalue weighted by Gasteiger charge is -2.32. The molecule has 1 fully saturated rings. The molecule has 0 spiro atoms. The normalized spacial score (nSPS) is 24.8. The Kier molecular flexibility index (Phi) is 2.08. The number of carbonyl (C=O) groups excluding carboxylic acids is 2. The van der Waals surface area contributed by atoms with Crippen LogP contribution < -0.4 is 10.9 Å². The van der Waals surface area contributed by atoms with E-state index in [1.807, 2.05) is 20.8 Å². The number of nitrogens with one attached hydrogen (secondary N) is 2. The van der Waals surface area contributed by atoms with Crippen molar-refractivity contribution in [2.45, 2.75) is 27.2 Å². The molecule has 1 aliphatic heterocycles. The Morgan fingerprint density at radius 3 is 2.25 bits per heavy atom. The average molecular weight is 170 g/mol. The van der Waals surface area contributed by atoms with Crippen LogP contribution in [0, 0.1) is 11.3 Å². The van der Waals surface area contributed by atoms with Crippen LogP contribution in [-0.4, -0.2) is 11.8 Å². The molecule has 0 saturated carbocycles. The van der Waals surface area contributed by atoms with E-state index in [0.29, 0.717) is 0 Å². The molecule has 2 amide bonds. The van der Waals surface area contributed by atoms with E-state index in [1.165, 1.54) is 0 Å². The van der Waals surface area contributed by atoms with Crippen LogP contribution in [0.2, 0.25) is 0 Å². The Hall–Kier alpha value is -1.06. The van der Waals surface area contributed by atoms with Gasteiger partial charge in [0, 0.05) is 6.42 Å². The van der Waals surface area contributed by atoms with Crippen molar-refractivity contribution in [1.82, 2.24) is 10.9 Å². The number of carbonyl (C=O) groups is 2. The van der Waals surface area contributed by atoms with E-state index < -0.39 is 0 Å². The van der Waals surface area contributed by atoms with Gasteiger partial charge in [0.05, 0.1) is 5.92 Å². The van der Waals surface area contributed by atoms with Crippen LogP contribution in [0.1, 0.15) is 27.2 Å². The molecule has 0 aliphatic carbocycles. The van der Waals surface area contributed by atoms with Gasteiger partial charge in [-0.1, -0.05) is 20.8 Å². The molecule has 12 heavy (non-hydrogen) atoms. The summed E-state index contributed by atoms with van der Waals surface area (Å²) in [5, 5.41) is 0. The lowest BCUT2D eigenvalue weighted by atomic mass is 9.77. The maximum Gasteiger partial charge on any atom is 0.242 e. The fourth-order valence-electron chi connectivity index (χ4n) is 1.25. The van der Waals surface area contributed by atoms with Gasteiger partial charge in [-0.05, 0) is 5.41 Å². The Morgan fingerprint density at radius 2 is 1.83 bits per heavy atom. The molecule has 1 atom stereocenters. The Labute approximate surface area is 71.7 Å². The summed E-state index contributed by atoms with van der Waals surface area (Å²) in [4.78, 5) is 22.2. The van der Waals surface area contributed by atoms with Crippen molar-refractivity contribution >= 4 is 11.8 Å². The highest BCUT2D eigenvalue weighted by Crippen LogP contribution is 2.29. The maximum atomic E-state index is 11.3. The summed E-state index contributed by atoms with van der Waals surface area (Å²) in [6.45, 7) is 5.86. The number of hydrazine groups is 1. The Balaban J connectivity index is 2.74. The molecular weight excluding hydrogens is 156 g/mol. The van der Waals surface area contributed by atoms with E-state index in [1.54, 1.807) is 0 Å². The molecule has 1 unspecified atom stereocenters. The zero-order valence-corrected chi connectivity index (χ0v) is 7.60. The first-order valence-electron chi connectivity index (χ1n) is 4.00. The molecule has 0 bridgehead atoms. The van der Waals surface area contributed by atoms with E-state index in [0.717, 1.165) is 0 Å². The first kappa shape index (κ1) is 9.03. The van der Waals surface area contributed by atoms with E-state index in [4.69, 9.17) is 0 Å². The topological polar surface area (TPSA) is 58.2 Å². The van der Waals surface area contributed by atoms with Gasteiger partial charge >= 0.3 is 0 Å². The van der Waals surface area contributed by atoms with Gasteiger partial charge in [-0.25, -0.2) is 0 Å². The highest BCUT2D eigenvalue weighted by atomic mass is 16.2. The van der Waals surface area contributed by atoms with Crippen molar-refractivity contribution in [2.75, 3.05) is 0 Å². The minimum Gasteiger partial charge on any atom is -0.273 e. The summed E-state index contributed by atoms with van der Waals surface area (Å²) in [5.74, 6) is -0.428. The van der Waals surface area contributed by atoms with E-state index in [9.17, 15) is 9.59 Å². The molecule has 0 radical (unpaired) electrons. The van der Waals surface area contributed by atoms with Crippen molar-refractivity contribution in [1.29, 1.82) is 0 Å². The molecule has 0 aromatic rings. The van der Waals surface area contributed by atoms with Crippen LogP contribution in [-0.2, 0) is 9.59 Å². The highest BCUT2D eigenvalue weighted by molar-refractivity contribution is 5.91. The first-order valence-corrected chi connectivity index (χ1v) is 4.00. The van der Waals surface area contributed by atoms with Gasteiger partial charge in [-0.15, -0.1) is 0 Å². The molecule has 0 aromatic heterocycles. The molecular formula is C8H14N2O2. The lowest BCUT2D eigenvalue weighted by Crippen LogP contribution is -2.54. The van der Waals surface area contributed by atoms with Gasteiger partial charge in [0.25, 0.3) is 0 Å². The molecule has 68 valence electrons.